The number of hydrogen-bond donors (Lipinski definition) is 2. The minimum Gasteiger partial charge on any atom is -0.421 e. The second-order valence-electron chi connectivity index (χ2n) is 5.18. The van der Waals surface area contributed by atoms with Crippen LogP contribution in [-0.4, -0.2) is 11.0 Å². The molecule has 0 aliphatic carbocycles. The van der Waals surface area contributed by atoms with Gasteiger partial charge in [-0.1, -0.05) is 12.1 Å². The molecule has 126 valence electrons. The van der Waals surface area contributed by atoms with Crippen LogP contribution in [0.25, 0.3) is 11.3 Å². The molecule has 0 spiro atoms. The third-order valence-corrected chi connectivity index (χ3v) is 3.38. The van der Waals surface area contributed by atoms with Gasteiger partial charge < -0.3 is 15.1 Å². The highest BCUT2D eigenvalue weighted by molar-refractivity contribution is 5.88. The van der Waals surface area contributed by atoms with Gasteiger partial charge in [-0.15, -0.1) is 0 Å². The topological polar surface area (TPSA) is 84.2 Å². The molecular weight excluding hydrogens is 325 g/mol. The third kappa shape index (κ3) is 4.29. The number of carbonyl (C=O) groups excluding carboxylic acids is 1. The van der Waals surface area contributed by atoms with Crippen molar-refractivity contribution in [3.63, 3.8) is 0 Å². The van der Waals surface area contributed by atoms with E-state index in [2.05, 4.69) is 15.6 Å². The molecule has 0 saturated heterocycles. The van der Waals surface area contributed by atoms with Crippen molar-refractivity contribution in [2.45, 2.75) is 6.54 Å². The lowest BCUT2D eigenvalue weighted by molar-refractivity contribution is 0.251. The molecule has 0 bridgehead atoms. The Morgan fingerprint density at radius 3 is 2.60 bits per heavy atom. The van der Waals surface area contributed by atoms with Crippen LogP contribution >= 0.6 is 0 Å². The summed E-state index contributed by atoms with van der Waals surface area (Å²) < 4.78 is 18.0. The predicted octanol–water partition coefficient (Wildman–Crippen LogP) is 3.16. The molecule has 2 heterocycles. The van der Waals surface area contributed by atoms with Crippen molar-refractivity contribution >= 4 is 11.7 Å². The molecule has 6 nitrogen and oxygen atoms in total. The molecule has 0 aliphatic rings. The monoisotopic (exact) mass is 339 g/mol. The van der Waals surface area contributed by atoms with Crippen molar-refractivity contribution in [1.82, 2.24) is 10.3 Å². The zero-order chi connectivity index (χ0) is 17.6. The number of nitrogens with one attached hydrogen (secondary N) is 2. The third-order valence-electron chi connectivity index (χ3n) is 3.38. The first kappa shape index (κ1) is 16.4. The first-order chi connectivity index (χ1) is 12.1. The maximum absolute atomic E-state index is 12.8. The van der Waals surface area contributed by atoms with E-state index >= 15 is 0 Å². The standard InChI is InChI=1S/C18H14FN3O3/c19-14-5-3-12(4-6-14)10-21-18(24)22-15-7-8-16(25-17(15)23)13-2-1-9-20-11-13/h1-9,11H,10H2,(H2,21,22,24). The summed E-state index contributed by atoms with van der Waals surface area (Å²) in [6.45, 7) is 0.200. The highest BCUT2D eigenvalue weighted by Gasteiger charge is 2.09. The van der Waals surface area contributed by atoms with Gasteiger partial charge in [0.05, 0.1) is 0 Å². The van der Waals surface area contributed by atoms with Gasteiger partial charge in [-0.3, -0.25) is 4.98 Å². The van der Waals surface area contributed by atoms with E-state index in [0.717, 1.165) is 5.56 Å². The predicted molar refractivity (Wildman–Crippen MR) is 90.5 cm³/mol. The molecule has 0 radical (unpaired) electrons. The van der Waals surface area contributed by atoms with Crippen molar-refractivity contribution in [3.8, 4) is 11.3 Å². The molecular formula is C18H14FN3O3. The first-order valence-electron chi connectivity index (χ1n) is 7.46. The van der Waals surface area contributed by atoms with Gasteiger partial charge in [-0.2, -0.15) is 0 Å². The van der Waals surface area contributed by atoms with Crippen LogP contribution < -0.4 is 16.3 Å². The number of hydrogen-bond acceptors (Lipinski definition) is 4. The van der Waals surface area contributed by atoms with Crippen LogP contribution in [0.15, 0.2) is 70.1 Å². The Labute approximate surface area is 142 Å². The summed E-state index contributed by atoms with van der Waals surface area (Å²) in [6, 6.07) is 11.7. The lowest BCUT2D eigenvalue weighted by atomic mass is 10.2. The van der Waals surface area contributed by atoms with E-state index < -0.39 is 11.7 Å². The van der Waals surface area contributed by atoms with Crippen LogP contribution in [0.4, 0.5) is 14.9 Å². The van der Waals surface area contributed by atoms with E-state index in [9.17, 15) is 14.0 Å². The molecule has 0 saturated carbocycles. The van der Waals surface area contributed by atoms with E-state index in [4.69, 9.17) is 4.42 Å². The van der Waals surface area contributed by atoms with Gasteiger partial charge in [0.15, 0.2) is 0 Å². The Hall–Kier alpha value is -3.48. The summed E-state index contributed by atoms with van der Waals surface area (Å²) in [5.41, 5.74) is 0.741. The van der Waals surface area contributed by atoms with Crippen molar-refractivity contribution in [1.29, 1.82) is 0 Å². The molecule has 0 fully saturated rings. The molecule has 0 unspecified atom stereocenters. The van der Waals surface area contributed by atoms with E-state index in [1.54, 1.807) is 42.7 Å². The Morgan fingerprint density at radius 2 is 1.92 bits per heavy atom. The molecule has 3 aromatic rings. The Morgan fingerprint density at radius 1 is 1.12 bits per heavy atom. The highest BCUT2D eigenvalue weighted by Crippen LogP contribution is 2.17. The maximum Gasteiger partial charge on any atom is 0.360 e. The second-order valence-corrected chi connectivity index (χ2v) is 5.18. The Bertz CT molecular complexity index is 924. The highest BCUT2D eigenvalue weighted by atomic mass is 19.1. The lowest BCUT2D eigenvalue weighted by Crippen LogP contribution is -2.30. The van der Waals surface area contributed by atoms with E-state index in [1.807, 2.05) is 0 Å². The minimum absolute atomic E-state index is 0.0178. The van der Waals surface area contributed by atoms with Crippen LogP contribution in [0.3, 0.4) is 0 Å². The van der Waals surface area contributed by atoms with Gasteiger partial charge >= 0.3 is 11.7 Å². The van der Waals surface area contributed by atoms with Gasteiger partial charge in [-0.05, 0) is 42.0 Å². The van der Waals surface area contributed by atoms with E-state index in [-0.39, 0.29) is 18.0 Å². The van der Waals surface area contributed by atoms with Crippen LogP contribution in [0.2, 0.25) is 0 Å². The Kier molecular flexibility index (Phi) is 4.84. The number of carbonyl (C=O) groups is 1. The number of anilines is 1. The van der Waals surface area contributed by atoms with E-state index in [0.29, 0.717) is 11.3 Å². The number of urea groups is 1. The average molecular weight is 339 g/mol. The summed E-state index contributed by atoms with van der Waals surface area (Å²) >= 11 is 0. The average Bonchev–Trinajstić information content (AvgIpc) is 2.64. The second kappa shape index (κ2) is 7.39. The molecule has 0 aliphatic heterocycles. The van der Waals surface area contributed by atoms with Gasteiger partial charge in [0, 0.05) is 24.5 Å². The summed E-state index contributed by atoms with van der Waals surface area (Å²) in [5, 5.41) is 5.00. The van der Waals surface area contributed by atoms with E-state index in [1.165, 1.54) is 18.2 Å². The normalized spacial score (nSPS) is 10.3. The summed E-state index contributed by atoms with van der Waals surface area (Å²) in [7, 11) is 0. The molecule has 0 atom stereocenters. The Balaban J connectivity index is 1.63. The van der Waals surface area contributed by atoms with Crippen molar-refractivity contribution in [2.24, 2.45) is 0 Å². The molecule has 3 rings (SSSR count). The zero-order valence-electron chi connectivity index (χ0n) is 13.0. The minimum atomic E-state index is -0.668. The van der Waals surface area contributed by atoms with Crippen molar-refractivity contribution in [3.05, 3.63) is 82.7 Å². The summed E-state index contributed by atoms with van der Waals surface area (Å²) in [6.07, 6.45) is 3.18. The van der Waals surface area contributed by atoms with Gasteiger partial charge in [-0.25, -0.2) is 14.0 Å². The number of halogens is 1. The number of rotatable bonds is 4. The number of pyridine rings is 1. The molecule has 2 N–H and O–H groups in total. The summed E-state index contributed by atoms with van der Waals surface area (Å²) in [5.74, 6) is 0.00915. The quantitative estimate of drug-likeness (QED) is 0.765. The summed E-state index contributed by atoms with van der Waals surface area (Å²) in [4.78, 5) is 27.8. The van der Waals surface area contributed by atoms with Crippen molar-refractivity contribution < 1.29 is 13.6 Å². The van der Waals surface area contributed by atoms with Crippen LogP contribution in [0.1, 0.15) is 5.56 Å². The zero-order valence-corrected chi connectivity index (χ0v) is 13.0. The lowest BCUT2D eigenvalue weighted by Gasteiger charge is -2.07. The van der Waals surface area contributed by atoms with Crippen LogP contribution in [-0.2, 0) is 6.54 Å². The molecule has 7 heteroatoms. The fraction of sp³-hybridized carbons (Fsp3) is 0.0556. The van der Waals surface area contributed by atoms with Gasteiger partial charge in [0.1, 0.15) is 17.3 Å². The fourth-order valence-electron chi connectivity index (χ4n) is 2.12. The van der Waals surface area contributed by atoms with Gasteiger partial charge in [0.25, 0.3) is 0 Å². The molecule has 2 aromatic heterocycles. The first-order valence-corrected chi connectivity index (χ1v) is 7.46. The fourth-order valence-corrected chi connectivity index (χ4v) is 2.12. The van der Waals surface area contributed by atoms with Crippen LogP contribution in [0.5, 0.6) is 0 Å². The molecule has 25 heavy (non-hydrogen) atoms. The number of nitrogens with zero attached hydrogens (tertiary/aromatic N) is 1. The maximum atomic E-state index is 12.8. The molecule has 1 aromatic carbocycles. The van der Waals surface area contributed by atoms with Gasteiger partial charge in [0.2, 0.25) is 0 Å². The number of aromatic nitrogens is 1. The number of benzene rings is 1. The van der Waals surface area contributed by atoms with Crippen molar-refractivity contribution in [2.75, 3.05) is 5.32 Å². The smallest absolute Gasteiger partial charge is 0.360 e. The molecule has 2 amide bonds. The number of amides is 2. The largest absolute Gasteiger partial charge is 0.421 e. The van der Waals surface area contributed by atoms with Crippen LogP contribution in [0, 0.1) is 5.82 Å². The SMILES string of the molecule is O=C(NCc1ccc(F)cc1)Nc1ccc(-c2cccnc2)oc1=O.